The minimum atomic E-state index is -1.16. The standard InChI is InChI=1S/C28H45N7O5/c1-17(2)24(31)27(38)35-23(15-18-16-32-20-10-4-3-9-19(18)20)26(37)33-21(11-5-7-13-29)25(36)34-22(28(39)40)12-6-8-14-30/h3-4,9-10,16-17,21-24,32H,5-8,11-15,29-31H2,1-2H3,(H,33,37)(H,34,36)(H,35,38)(H,39,40)/t21-,22-,23-,24-/m0/s1. The highest BCUT2D eigenvalue weighted by molar-refractivity contribution is 5.95. The largest absolute Gasteiger partial charge is 0.480 e. The number of amides is 3. The van der Waals surface area contributed by atoms with Crippen LogP contribution in [0.2, 0.25) is 0 Å². The van der Waals surface area contributed by atoms with E-state index in [0.717, 1.165) is 16.5 Å². The zero-order chi connectivity index (χ0) is 29.7. The lowest BCUT2D eigenvalue weighted by molar-refractivity contribution is -0.142. The molecule has 2 rings (SSSR count). The number of H-pyrrole nitrogens is 1. The Kier molecular flexibility index (Phi) is 13.6. The fourth-order valence-electron chi connectivity index (χ4n) is 4.36. The smallest absolute Gasteiger partial charge is 0.326 e. The Labute approximate surface area is 235 Å². The molecule has 2 aromatic rings. The molecule has 12 heteroatoms. The van der Waals surface area contributed by atoms with Gasteiger partial charge in [0.05, 0.1) is 6.04 Å². The number of carbonyl (C=O) groups is 4. The molecule has 0 aliphatic carbocycles. The van der Waals surface area contributed by atoms with Gasteiger partial charge in [0.2, 0.25) is 17.7 Å². The molecular weight excluding hydrogens is 514 g/mol. The molecule has 0 aliphatic heterocycles. The number of rotatable bonds is 18. The number of aromatic nitrogens is 1. The molecule has 0 saturated carbocycles. The monoisotopic (exact) mass is 559 g/mol. The SMILES string of the molecule is CC(C)[C@H](N)C(=O)N[C@@H](Cc1c[nH]c2ccccc12)C(=O)N[C@@H](CCCCN)C(=O)N[C@@H](CCCCN)C(=O)O. The maximum atomic E-state index is 13.6. The summed E-state index contributed by atoms with van der Waals surface area (Å²) < 4.78 is 0. The number of carboxylic acid groups (broad SMARTS) is 1. The Bertz CT molecular complexity index is 1120. The Morgan fingerprint density at radius 3 is 1.98 bits per heavy atom. The second-order valence-corrected chi connectivity index (χ2v) is 10.4. The first-order valence-electron chi connectivity index (χ1n) is 13.9. The van der Waals surface area contributed by atoms with Gasteiger partial charge in [-0.05, 0) is 69.2 Å². The van der Waals surface area contributed by atoms with Crippen molar-refractivity contribution in [1.29, 1.82) is 0 Å². The molecule has 3 amide bonds. The Balaban J connectivity index is 2.27. The summed E-state index contributed by atoms with van der Waals surface area (Å²) in [6, 6.07) is 3.61. The summed E-state index contributed by atoms with van der Waals surface area (Å²) in [5.74, 6) is -2.98. The number of para-hydroxylation sites is 1. The molecule has 0 aliphatic rings. The maximum absolute atomic E-state index is 13.6. The van der Waals surface area contributed by atoms with Crippen LogP contribution in [0.15, 0.2) is 30.5 Å². The van der Waals surface area contributed by atoms with E-state index in [-0.39, 0.29) is 25.2 Å². The van der Waals surface area contributed by atoms with Crippen molar-refractivity contribution in [1.82, 2.24) is 20.9 Å². The van der Waals surface area contributed by atoms with Crippen LogP contribution in [-0.2, 0) is 25.6 Å². The summed E-state index contributed by atoms with van der Waals surface area (Å²) in [7, 11) is 0. The molecule has 1 aromatic carbocycles. The number of fused-ring (bicyclic) bond motifs is 1. The normalized spacial score (nSPS) is 14.3. The van der Waals surface area contributed by atoms with Crippen LogP contribution in [0.1, 0.15) is 57.9 Å². The van der Waals surface area contributed by atoms with Gasteiger partial charge in [-0.1, -0.05) is 32.0 Å². The van der Waals surface area contributed by atoms with Crippen molar-refractivity contribution in [3.05, 3.63) is 36.0 Å². The summed E-state index contributed by atoms with van der Waals surface area (Å²) in [6.07, 6.45) is 4.73. The molecule has 1 aromatic heterocycles. The van der Waals surface area contributed by atoms with Crippen LogP contribution in [0.4, 0.5) is 0 Å². The van der Waals surface area contributed by atoms with E-state index < -0.39 is 47.9 Å². The minimum absolute atomic E-state index is 0.153. The Hall–Kier alpha value is -3.48. The molecule has 12 nitrogen and oxygen atoms in total. The summed E-state index contributed by atoms with van der Waals surface area (Å²) in [4.78, 5) is 54.6. The number of hydrogen-bond acceptors (Lipinski definition) is 7. The number of aromatic amines is 1. The molecule has 40 heavy (non-hydrogen) atoms. The molecule has 0 fully saturated rings. The number of carboxylic acids is 1. The highest BCUT2D eigenvalue weighted by Gasteiger charge is 2.31. The van der Waals surface area contributed by atoms with Gasteiger partial charge >= 0.3 is 5.97 Å². The van der Waals surface area contributed by atoms with Gasteiger partial charge in [-0.15, -0.1) is 0 Å². The van der Waals surface area contributed by atoms with Crippen LogP contribution < -0.4 is 33.2 Å². The van der Waals surface area contributed by atoms with E-state index in [1.54, 1.807) is 6.20 Å². The van der Waals surface area contributed by atoms with Gasteiger partial charge < -0.3 is 43.2 Å². The molecular formula is C28H45N7O5. The quantitative estimate of drug-likeness (QED) is 0.120. The third-order valence-corrected chi connectivity index (χ3v) is 6.89. The first-order valence-corrected chi connectivity index (χ1v) is 13.9. The van der Waals surface area contributed by atoms with Crippen LogP contribution in [-0.4, -0.2) is 71.0 Å². The molecule has 0 bridgehead atoms. The molecule has 0 saturated heterocycles. The highest BCUT2D eigenvalue weighted by atomic mass is 16.4. The first-order chi connectivity index (χ1) is 19.1. The Morgan fingerprint density at radius 1 is 0.825 bits per heavy atom. The van der Waals surface area contributed by atoms with E-state index in [1.807, 2.05) is 38.1 Å². The minimum Gasteiger partial charge on any atom is -0.480 e. The molecule has 0 radical (unpaired) electrons. The second-order valence-electron chi connectivity index (χ2n) is 10.4. The maximum Gasteiger partial charge on any atom is 0.326 e. The van der Waals surface area contributed by atoms with Crippen molar-refractivity contribution in [2.24, 2.45) is 23.1 Å². The van der Waals surface area contributed by atoms with Gasteiger partial charge in [0.1, 0.15) is 18.1 Å². The molecule has 1 heterocycles. The predicted molar refractivity (Wildman–Crippen MR) is 154 cm³/mol. The predicted octanol–water partition coefficient (Wildman–Crippen LogP) is 0.491. The summed E-state index contributed by atoms with van der Waals surface area (Å²) in [6.45, 7) is 4.44. The van der Waals surface area contributed by atoms with Gasteiger partial charge in [-0.25, -0.2) is 4.79 Å². The van der Waals surface area contributed by atoms with Crippen LogP contribution in [0.3, 0.4) is 0 Å². The summed E-state index contributed by atoms with van der Waals surface area (Å²) in [5, 5.41) is 18.6. The topological polar surface area (TPSA) is 218 Å². The van der Waals surface area contributed by atoms with Crippen molar-refractivity contribution in [3.8, 4) is 0 Å². The number of aliphatic carboxylic acids is 1. The lowest BCUT2D eigenvalue weighted by atomic mass is 10.0. The number of hydrogen-bond donors (Lipinski definition) is 8. The number of carbonyl (C=O) groups excluding carboxylic acids is 3. The molecule has 11 N–H and O–H groups in total. The van der Waals surface area contributed by atoms with Gasteiger partial charge in [0.15, 0.2) is 0 Å². The lowest BCUT2D eigenvalue weighted by Gasteiger charge is -2.26. The number of nitrogens with one attached hydrogen (secondary N) is 4. The third-order valence-electron chi connectivity index (χ3n) is 6.89. The van der Waals surface area contributed by atoms with Crippen molar-refractivity contribution in [2.45, 2.75) is 83.0 Å². The fraction of sp³-hybridized carbons (Fsp3) is 0.571. The van der Waals surface area contributed by atoms with E-state index >= 15 is 0 Å². The van der Waals surface area contributed by atoms with Gasteiger partial charge in [0.25, 0.3) is 0 Å². The van der Waals surface area contributed by atoms with Crippen molar-refractivity contribution in [2.75, 3.05) is 13.1 Å². The molecule has 222 valence electrons. The Morgan fingerprint density at radius 2 is 1.38 bits per heavy atom. The first kappa shape index (κ1) is 32.7. The van der Waals surface area contributed by atoms with E-state index in [9.17, 15) is 24.3 Å². The van der Waals surface area contributed by atoms with Gasteiger partial charge in [-0.3, -0.25) is 14.4 Å². The van der Waals surface area contributed by atoms with Crippen LogP contribution in [0, 0.1) is 5.92 Å². The average molecular weight is 560 g/mol. The summed E-state index contributed by atoms with van der Waals surface area (Å²) in [5.41, 5.74) is 18.9. The number of benzene rings is 1. The summed E-state index contributed by atoms with van der Waals surface area (Å²) >= 11 is 0. The van der Waals surface area contributed by atoms with Gasteiger partial charge in [0, 0.05) is 23.5 Å². The van der Waals surface area contributed by atoms with Crippen LogP contribution in [0.25, 0.3) is 10.9 Å². The van der Waals surface area contributed by atoms with Crippen molar-refractivity contribution >= 4 is 34.6 Å². The zero-order valence-electron chi connectivity index (χ0n) is 23.4. The van der Waals surface area contributed by atoms with Crippen LogP contribution in [0.5, 0.6) is 0 Å². The average Bonchev–Trinajstić information content (AvgIpc) is 3.33. The van der Waals surface area contributed by atoms with Gasteiger partial charge in [-0.2, -0.15) is 0 Å². The molecule has 0 spiro atoms. The van der Waals surface area contributed by atoms with Crippen LogP contribution >= 0.6 is 0 Å². The molecule has 0 unspecified atom stereocenters. The van der Waals surface area contributed by atoms with E-state index in [1.165, 1.54) is 0 Å². The third kappa shape index (κ3) is 9.92. The number of nitrogens with two attached hydrogens (primary N) is 3. The fourth-order valence-corrected chi connectivity index (χ4v) is 4.36. The van der Waals surface area contributed by atoms with Crippen molar-refractivity contribution < 1.29 is 24.3 Å². The lowest BCUT2D eigenvalue weighted by Crippen LogP contribution is -2.58. The van der Waals surface area contributed by atoms with Crippen molar-refractivity contribution in [3.63, 3.8) is 0 Å². The highest BCUT2D eigenvalue weighted by Crippen LogP contribution is 2.19. The van der Waals surface area contributed by atoms with E-state index in [0.29, 0.717) is 38.8 Å². The number of unbranched alkanes of at least 4 members (excludes halogenated alkanes) is 2. The second kappa shape index (κ2) is 16.6. The van der Waals surface area contributed by atoms with E-state index in [4.69, 9.17) is 17.2 Å². The van der Waals surface area contributed by atoms with E-state index in [2.05, 4.69) is 20.9 Å². The zero-order valence-corrected chi connectivity index (χ0v) is 23.4. The molecule has 4 atom stereocenters.